The van der Waals surface area contributed by atoms with Crippen LogP contribution in [0.1, 0.15) is 126 Å². The largest absolute Gasteiger partial charge is 0.423 e. The number of esters is 1. The van der Waals surface area contributed by atoms with E-state index in [1.807, 2.05) is 6.07 Å². The van der Waals surface area contributed by atoms with Crippen LogP contribution in [0.2, 0.25) is 0 Å². The number of hydrazone groups is 1. The molecule has 2 rings (SSSR count). The molecule has 0 heterocycles. The molecule has 0 aromatic heterocycles. The number of benzene rings is 2. The fraction of sp³-hybridized carbons (Fsp3) is 0.531. The molecule has 38 heavy (non-hydrogen) atoms. The molecule has 0 aliphatic heterocycles. The van der Waals surface area contributed by atoms with Crippen molar-refractivity contribution >= 4 is 34.0 Å². The van der Waals surface area contributed by atoms with E-state index in [9.17, 15) is 9.59 Å². The van der Waals surface area contributed by atoms with Gasteiger partial charge >= 0.3 is 5.97 Å². The number of unbranched alkanes of at least 4 members (excludes halogenated alkanes) is 14. The molecular weight excluding hydrogens is 540 g/mol. The summed E-state index contributed by atoms with van der Waals surface area (Å²) in [6.45, 7) is 2.27. The Bertz CT molecular complexity index is 959. The average Bonchev–Trinajstić information content (AvgIpc) is 2.92. The highest BCUT2D eigenvalue weighted by Gasteiger charge is 2.08. The van der Waals surface area contributed by atoms with Crippen LogP contribution in [0.5, 0.6) is 5.75 Å². The molecule has 0 bridgehead atoms. The average molecular weight is 586 g/mol. The van der Waals surface area contributed by atoms with Crippen LogP contribution in [0.3, 0.4) is 0 Å². The molecule has 5 nitrogen and oxygen atoms in total. The normalized spacial score (nSPS) is 11.1. The zero-order valence-electron chi connectivity index (χ0n) is 23.1. The van der Waals surface area contributed by atoms with Gasteiger partial charge in [-0.2, -0.15) is 5.10 Å². The van der Waals surface area contributed by atoms with Gasteiger partial charge in [-0.3, -0.25) is 4.79 Å². The van der Waals surface area contributed by atoms with E-state index in [2.05, 4.69) is 33.4 Å². The first kappa shape index (κ1) is 31.7. The summed E-state index contributed by atoms with van der Waals surface area (Å²) >= 11 is 3.35. The second-order valence-electron chi connectivity index (χ2n) is 9.96. The fourth-order valence-electron chi connectivity index (χ4n) is 4.29. The lowest BCUT2D eigenvalue weighted by Gasteiger charge is -2.05. The zero-order valence-corrected chi connectivity index (χ0v) is 24.6. The standard InChI is InChI=1S/C32H45BrN2O3/c1-2-3-4-5-6-7-8-9-10-11-12-13-14-15-16-20-31(36)35-34-26-27-21-23-30(24-22-27)38-32(37)28-18-17-19-29(33)25-28/h17-19,21-26H,2-16,20H2,1H3,(H,35,36). The Morgan fingerprint density at radius 2 is 1.34 bits per heavy atom. The van der Waals surface area contributed by atoms with Crippen LogP contribution >= 0.6 is 15.9 Å². The van der Waals surface area contributed by atoms with E-state index in [0.717, 1.165) is 22.9 Å². The Hall–Kier alpha value is -2.47. The van der Waals surface area contributed by atoms with Crippen molar-refractivity contribution in [1.29, 1.82) is 0 Å². The van der Waals surface area contributed by atoms with Crippen LogP contribution < -0.4 is 10.2 Å². The molecule has 2 aromatic carbocycles. The monoisotopic (exact) mass is 584 g/mol. The van der Waals surface area contributed by atoms with E-state index in [0.29, 0.717) is 17.7 Å². The molecule has 2 aromatic rings. The molecule has 1 amide bonds. The van der Waals surface area contributed by atoms with Crippen LogP contribution in [0.25, 0.3) is 0 Å². The highest BCUT2D eigenvalue weighted by Crippen LogP contribution is 2.17. The summed E-state index contributed by atoms with van der Waals surface area (Å²) in [5, 5.41) is 4.04. The Morgan fingerprint density at radius 3 is 1.89 bits per heavy atom. The third-order valence-corrected chi connectivity index (χ3v) is 7.05. The molecule has 0 aliphatic carbocycles. The van der Waals surface area contributed by atoms with Gasteiger partial charge in [0.15, 0.2) is 0 Å². The van der Waals surface area contributed by atoms with Crippen molar-refractivity contribution in [3.05, 3.63) is 64.1 Å². The summed E-state index contributed by atoms with van der Waals surface area (Å²) in [4.78, 5) is 24.2. The van der Waals surface area contributed by atoms with Crippen molar-refractivity contribution in [2.75, 3.05) is 0 Å². The van der Waals surface area contributed by atoms with E-state index >= 15 is 0 Å². The molecule has 0 unspecified atom stereocenters. The van der Waals surface area contributed by atoms with E-state index in [-0.39, 0.29) is 5.91 Å². The zero-order chi connectivity index (χ0) is 27.3. The number of nitrogens with zero attached hydrogens (tertiary/aromatic N) is 1. The molecule has 0 saturated heterocycles. The summed E-state index contributed by atoms with van der Waals surface area (Å²) in [6.07, 6.45) is 21.7. The van der Waals surface area contributed by atoms with Gasteiger partial charge in [0.05, 0.1) is 11.8 Å². The maximum atomic E-state index is 12.2. The number of hydrogen-bond acceptors (Lipinski definition) is 4. The predicted molar refractivity (Wildman–Crippen MR) is 161 cm³/mol. The van der Waals surface area contributed by atoms with Gasteiger partial charge in [0.25, 0.3) is 0 Å². The topological polar surface area (TPSA) is 67.8 Å². The van der Waals surface area contributed by atoms with Gasteiger partial charge in [0.1, 0.15) is 5.75 Å². The predicted octanol–water partition coefficient (Wildman–Crippen LogP) is 9.38. The van der Waals surface area contributed by atoms with E-state index in [1.54, 1.807) is 48.7 Å². The molecule has 0 spiro atoms. The number of halogens is 1. The highest BCUT2D eigenvalue weighted by atomic mass is 79.9. The first-order valence-corrected chi connectivity index (χ1v) is 15.3. The van der Waals surface area contributed by atoms with Gasteiger partial charge in [-0.1, -0.05) is 119 Å². The fourth-order valence-corrected chi connectivity index (χ4v) is 4.69. The molecule has 1 N–H and O–H groups in total. The van der Waals surface area contributed by atoms with Gasteiger partial charge in [-0.05, 0) is 54.4 Å². The first-order chi connectivity index (χ1) is 18.6. The molecule has 0 atom stereocenters. The lowest BCUT2D eigenvalue weighted by Crippen LogP contribution is -2.16. The second-order valence-corrected chi connectivity index (χ2v) is 10.9. The minimum absolute atomic E-state index is 0.0597. The Balaban J connectivity index is 1.46. The number of amides is 1. The molecule has 0 fully saturated rings. The van der Waals surface area contributed by atoms with Crippen LogP contribution in [0, 0.1) is 0 Å². The third-order valence-electron chi connectivity index (χ3n) is 6.56. The molecule has 0 aliphatic rings. The first-order valence-electron chi connectivity index (χ1n) is 14.5. The maximum absolute atomic E-state index is 12.2. The van der Waals surface area contributed by atoms with Crippen molar-refractivity contribution in [3.63, 3.8) is 0 Å². The SMILES string of the molecule is CCCCCCCCCCCCCCCCCC(=O)NN=Cc1ccc(OC(=O)c2cccc(Br)c2)cc1. The summed E-state index contributed by atoms with van der Waals surface area (Å²) in [6, 6.07) is 14.0. The molecular formula is C32H45BrN2O3. The second kappa shape index (κ2) is 20.5. The molecule has 0 radical (unpaired) electrons. The minimum atomic E-state index is -0.418. The van der Waals surface area contributed by atoms with Crippen LogP contribution in [-0.2, 0) is 4.79 Å². The van der Waals surface area contributed by atoms with Crippen LogP contribution in [0.15, 0.2) is 58.1 Å². The lowest BCUT2D eigenvalue weighted by atomic mass is 10.0. The van der Waals surface area contributed by atoms with E-state index in [4.69, 9.17) is 4.74 Å². The van der Waals surface area contributed by atoms with Crippen molar-refractivity contribution in [2.45, 2.75) is 110 Å². The van der Waals surface area contributed by atoms with Crippen molar-refractivity contribution in [2.24, 2.45) is 5.10 Å². The van der Waals surface area contributed by atoms with E-state index in [1.165, 1.54) is 83.5 Å². The van der Waals surface area contributed by atoms with Gasteiger partial charge in [-0.15, -0.1) is 0 Å². The molecule has 6 heteroatoms. The van der Waals surface area contributed by atoms with Crippen molar-refractivity contribution < 1.29 is 14.3 Å². The Labute approximate surface area is 238 Å². The number of carbonyl (C=O) groups excluding carboxylic acids is 2. The highest BCUT2D eigenvalue weighted by molar-refractivity contribution is 9.10. The summed E-state index contributed by atoms with van der Waals surface area (Å²) in [5.41, 5.74) is 3.87. The number of rotatable bonds is 20. The third kappa shape index (κ3) is 15.1. The number of carbonyl (C=O) groups is 2. The number of nitrogens with one attached hydrogen (secondary N) is 1. The van der Waals surface area contributed by atoms with Crippen molar-refractivity contribution in [3.8, 4) is 5.75 Å². The quantitative estimate of drug-likeness (QED) is 0.0553. The van der Waals surface area contributed by atoms with Crippen molar-refractivity contribution in [1.82, 2.24) is 5.43 Å². The Kier molecular flexibility index (Phi) is 17.1. The number of hydrogen-bond donors (Lipinski definition) is 1. The van der Waals surface area contributed by atoms with E-state index < -0.39 is 5.97 Å². The summed E-state index contributed by atoms with van der Waals surface area (Å²) in [5.74, 6) is -0.0290. The molecule has 0 saturated carbocycles. The Morgan fingerprint density at radius 1 is 0.789 bits per heavy atom. The maximum Gasteiger partial charge on any atom is 0.343 e. The summed E-state index contributed by atoms with van der Waals surface area (Å²) in [7, 11) is 0. The van der Waals surface area contributed by atoms with Gasteiger partial charge in [0.2, 0.25) is 5.91 Å². The summed E-state index contributed by atoms with van der Waals surface area (Å²) < 4.78 is 6.22. The van der Waals surface area contributed by atoms with Gasteiger partial charge < -0.3 is 4.74 Å². The smallest absolute Gasteiger partial charge is 0.343 e. The minimum Gasteiger partial charge on any atom is -0.423 e. The van der Waals surface area contributed by atoms with Crippen LogP contribution in [0.4, 0.5) is 0 Å². The lowest BCUT2D eigenvalue weighted by molar-refractivity contribution is -0.121. The van der Waals surface area contributed by atoms with Gasteiger partial charge in [-0.25, -0.2) is 10.2 Å². The van der Waals surface area contributed by atoms with Crippen LogP contribution in [-0.4, -0.2) is 18.1 Å². The molecule has 208 valence electrons. The van der Waals surface area contributed by atoms with Gasteiger partial charge in [0, 0.05) is 10.9 Å². The number of ether oxygens (including phenoxy) is 1.